The van der Waals surface area contributed by atoms with Gasteiger partial charge in [0, 0.05) is 25.4 Å². The van der Waals surface area contributed by atoms with Crippen LogP contribution in [-0.4, -0.2) is 16.5 Å². The summed E-state index contributed by atoms with van der Waals surface area (Å²) in [5.74, 6) is -1.20. The molecule has 1 aromatic carbocycles. The van der Waals surface area contributed by atoms with Gasteiger partial charge in [0.15, 0.2) is 0 Å². The maximum absolute atomic E-state index is 13.0. The van der Waals surface area contributed by atoms with Crippen LogP contribution in [0.15, 0.2) is 30.5 Å². The first-order chi connectivity index (χ1) is 9.19. The standard InChI is InChI=1S/C13H14F3N3/c14-2-4-19-13(1-3-18-19)9-17-8-10-5-11(15)7-12(16)6-10/h1,3,5-7,17H,2,4,8-9H2. The Kier molecular flexibility index (Phi) is 4.57. The molecule has 0 fully saturated rings. The highest BCUT2D eigenvalue weighted by Gasteiger charge is 2.03. The molecule has 2 aromatic rings. The molecule has 6 heteroatoms. The highest BCUT2D eigenvalue weighted by molar-refractivity contribution is 5.17. The zero-order chi connectivity index (χ0) is 13.7. The number of aryl methyl sites for hydroxylation is 1. The molecule has 0 aliphatic rings. The Bertz CT molecular complexity index is 519. The van der Waals surface area contributed by atoms with Crippen molar-refractivity contribution in [3.63, 3.8) is 0 Å². The fourth-order valence-corrected chi connectivity index (χ4v) is 1.84. The van der Waals surface area contributed by atoms with Gasteiger partial charge in [0.05, 0.1) is 12.2 Å². The summed E-state index contributed by atoms with van der Waals surface area (Å²) in [6.07, 6.45) is 1.59. The third kappa shape index (κ3) is 3.82. The van der Waals surface area contributed by atoms with Crippen molar-refractivity contribution in [2.75, 3.05) is 6.67 Å². The minimum absolute atomic E-state index is 0.207. The van der Waals surface area contributed by atoms with E-state index >= 15 is 0 Å². The summed E-state index contributed by atoms with van der Waals surface area (Å²) in [5, 5.41) is 7.02. The lowest BCUT2D eigenvalue weighted by molar-refractivity contribution is 0.417. The number of aromatic nitrogens is 2. The molecule has 0 saturated heterocycles. The Morgan fingerprint density at radius 2 is 1.84 bits per heavy atom. The maximum Gasteiger partial charge on any atom is 0.126 e. The lowest BCUT2D eigenvalue weighted by Gasteiger charge is -2.07. The van der Waals surface area contributed by atoms with E-state index in [9.17, 15) is 13.2 Å². The second kappa shape index (κ2) is 6.38. The second-order valence-electron chi connectivity index (χ2n) is 4.12. The van der Waals surface area contributed by atoms with Gasteiger partial charge in [-0.2, -0.15) is 5.10 Å². The molecule has 0 saturated carbocycles. The largest absolute Gasteiger partial charge is 0.307 e. The molecule has 0 spiro atoms. The van der Waals surface area contributed by atoms with Crippen LogP contribution in [0.1, 0.15) is 11.3 Å². The van der Waals surface area contributed by atoms with Gasteiger partial charge in [-0.15, -0.1) is 0 Å². The van der Waals surface area contributed by atoms with Crippen molar-refractivity contribution in [2.45, 2.75) is 19.6 Å². The molecule has 0 bridgehead atoms. The summed E-state index contributed by atoms with van der Waals surface area (Å²) in [4.78, 5) is 0. The van der Waals surface area contributed by atoms with Crippen molar-refractivity contribution in [1.82, 2.24) is 15.1 Å². The zero-order valence-electron chi connectivity index (χ0n) is 10.2. The Balaban J connectivity index is 1.90. The smallest absolute Gasteiger partial charge is 0.126 e. The predicted molar refractivity (Wildman–Crippen MR) is 65.1 cm³/mol. The SMILES string of the molecule is FCCn1nccc1CNCc1cc(F)cc(F)c1. The molecule has 19 heavy (non-hydrogen) atoms. The summed E-state index contributed by atoms with van der Waals surface area (Å²) in [6, 6.07) is 5.15. The molecule has 2 rings (SSSR count). The van der Waals surface area contributed by atoms with Crippen molar-refractivity contribution < 1.29 is 13.2 Å². The molecule has 0 amide bonds. The highest BCUT2D eigenvalue weighted by atomic mass is 19.1. The maximum atomic E-state index is 13.0. The van der Waals surface area contributed by atoms with E-state index in [1.807, 2.05) is 0 Å². The first-order valence-electron chi connectivity index (χ1n) is 5.91. The molecule has 102 valence electrons. The molecule has 1 N–H and O–H groups in total. The first-order valence-corrected chi connectivity index (χ1v) is 5.91. The average Bonchev–Trinajstić information content (AvgIpc) is 2.76. The lowest BCUT2D eigenvalue weighted by Crippen LogP contribution is -2.17. The van der Waals surface area contributed by atoms with Crippen LogP contribution in [-0.2, 0) is 19.6 Å². The summed E-state index contributed by atoms with van der Waals surface area (Å²) >= 11 is 0. The Hall–Kier alpha value is -1.82. The van der Waals surface area contributed by atoms with Crippen molar-refractivity contribution in [2.24, 2.45) is 0 Å². The molecule has 0 atom stereocenters. The number of nitrogens with zero attached hydrogens (tertiary/aromatic N) is 2. The number of nitrogens with one attached hydrogen (secondary N) is 1. The summed E-state index contributed by atoms with van der Waals surface area (Å²) in [6.45, 7) is 0.510. The van der Waals surface area contributed by atoms with Crippen LogP contribution in [0.25, 0.3) is 0 Å². The van der Waals surface area contributed by atoms with E-state index in [4.69, 9.17) is 0 Å². The molecule has 1 heterocycles. The van der Waals surface area contributed by atoms with Crippen LogP contribution in [0.4, 0.5) is 13.2 Å². The van der Waals surface area contributed by atoms with Crippen molar-refractivity contribution >= 4 is 0 Å². The molecule has 0 unspecified atom stereocenters. The van der Waals surface area contributed by atoms with Crippen LogP contribution < -0.4 is 5.32 Å². The van der Waals surface area contributed by atoms with Gasteiger partial charge < -0.3 is 5.32 Å². The summed E-state index contributed by atoms with van der Waals surface area (Å²) < 4.78 is 39.7. The molecule has 0 aliphatic carbocycles. The third-order valence-corrected chi connectivity index (χ3v) is 2.66. The monoisotopic (exact) mass is 269 g/mol. The van der Waals surface area contributed by atoms with Crippen molar-refractivity contribution in [3.05, 3.63) is 53.4 Å². The fourth-order valence-electron chi connectivity index (χ4n) is 1.84. The van der Waals surface area contributed by atoms with E-state index in [1.54, 1.807) is 16.9 Å². The van der Waals surface area contributed by atoms with E-state index in [1.165, 1.54) is 12.1 Å². The number of rotatable bonds is 6. The van der Waals surface area contributed by atoms with Gasteiger partial charge in [-0.05, 0) is 23.8 Å². The van der Waals surface area contributed by atoms with Crippen LogP contribution in [0, 0.1) is 11.6 Å². The Morgan fingerprint density at radius 3 is 2.53 bits per heavy atom. The van der Waals surface area contributed by atoms with Crippen LogP contribution in [0.3, 0.4) is 0 Å². The quantitative estimate of drug-likeness (QED) is 0.872. The topological polar surface area (TPSA) is 29.9 Å². The van der Waals surface area contributed by atoms with E-state index in [0.29, 0.717) is 18.7 Å². The average molecular weight is 269 g/mol. The van der Waals surface area contributed by atoms with Crippen molar-refractivity contribution in [3.8, 4) is 0 Å². The van der Waals surface area contributed by atoms with Crippen LogP contribution in [0.2, 0.25) is 0 Å². The van der Waals surface area contributed by atoms with Gasteiger partial charge in [0.1, 0.15) is 18.3 Å². The molecular weight excluding hydrogens is 255 g/mol. The molecule has 3 nitrogen and oxygen atoms in total. The normalized spacial score (nSPS) is 10.9. The lowest BCUT2D eigenvalue weighted by atomic mass is 10.2. The zero-order valence-corrected chi connectivity index (χ0v) is 10.2. The Morgan fingerprint density at radius 1 is 1.11 bits per heavy atom. The van der Waals surface area contributed by atoms with Gasteiger partial charge in [-0.25, -0.2) is 13.2 Å². The van der Waals surface area contributed by atoms with Crippen molar-refractivity contribution in [1.29, 1.82) is 0 Å². The summed E-state index contributed by atoms with van der Waals surface area (Å²) in [7, 11) is 0. The van der Waals surface area contributed by atoms with Gasteiger partial charge in [-0.3, -0.25) is 4.68 Å². The van der Waals surface area contributed by atoms with Gasteiger partial charge in [0.2, 0.25) is 0 Å². The van der Waals surface area contributed by atoms with Gasteiger partial charge in [0.25, 0.3) is 0 Å². The molecule has 1 aromatic heterocycles. The number of hydrogen-bond donors (Lipinski definition) is 1. The highest BCUT2D eigenvalue weighted by Crippen LogP contribution is 2.08. The third-order valence-electron chi connectivity index (χ3n) is 2.66. The predicted octanol–water partition coefficient (Wildman–Crippen LogP) is 2.42. The number of benzene rings is 1. The number of hydrogen-bond acceptors (Lipinski definition) is 2. The second-order valence-corrected chi connectivity index (χ2v) is 4.12. The van der Waals surface area contributed by atoms with Crippen LogP contribution >= 0.6 is 0 Å². The van der Waals surface area contributed by atoms with E-state index in [2.05, 4.69) is 10.4 Å². The number of alkyl halides is 1. The Labute approximate surface area is 109 Å². The molecular formula is C13H14F3N3. The van der Waals surface area contributed by atoms with Gasteiger partial charge in [-0.1, -0.05) is 0 Å². The minimum Gasteiger partial charge on any atom is -0.307 e. The van der Waals surface area contributed by atoms with E-state index in [-0.39, 0.29) is 6.54 Å². The van der Waals surface area contributed by atoms with Gasteiger partial charge >= 0.3 is 0 Å². The first kappa shape index (κ1) is 13.6. The fraction of sp³-hybridized carbons (Fsp3) is 0.308. The number of halogens is 3. The summed E-state index contributed by atoms with van der Waals surface area (Å²) in [5.41, 5.74) is 1.35. The minimum atomic E-state index is -0.598. The van der Waals surface area contributed by atoms with E-state index < -0.39 is 18.3 Å². The van der Waals surface area contributed by atoms with E-state index in [0.717, 1.165) is 11.8 Å². The molecule has 0 aliphatic heterocycles. The van der Waals surface area contributed by atoms with Crippen LogP contribution in [0.5, 0.6) is 0 Å². The molecule has 0 radical (unpaired) electrons.